The zero-order valence-corrected chi connectivity index (χ0v) is 64.9. The molecule has 6 aliphatic rings. The van der Waals surface area contributed by atoms with Crippen LogP contribution in [0.5, 0.6) is 23.0 Å². The maximum absolute atomic E-state index is 14.4. The van der Waals surface area contributed by atoms with Gasteiger partial charge in [0, 0.05) is 126 Å². The van der Waals surface area contributed by atoms with Gasteiger partial charge in [-0.2, -0.15) is 5.10 Å². The van der Waals surface area contributed by atoms with Crippen LogP contribution in [0.2, 0.25) is 10.0 Å². The predicted octanol–water partition coefficient (Wildman–Crippen LogP) is 13.5. The molecule has 7 aromatic carbocycles. The first-order valence-electron chi connectivity index (χ1n) is 35.5. The van der Waals surface area contributed by atoms with E-state index in [1.165, 1.54) is 83.7 Å². The number of amides is 1. The highest BCUT2D eigenvalue weighted by atomic mass is 35.5. The van der Waals surface area contributed by atoms with Gasteiger partial charge in [0.1, 0.15) is 23.4 Å². The number of fused-ring (bicyclic) bond motifs is 16. The number of esters is 1. The van der Waals surface area contributed by atoms with Crippen molar-refractivity contribution in [3.63, 3.8) is 0 Å². The van der Waals surface area contributed by atoms with E-state index in [4.69, 9.17) is 63.6 Å². The molecule has 9 atom stereocenters. The summed E-state index contributed by atoms with van der Waals surface area (Å²) in [5.74, 6) is -8.34. The molecule has 0 unspecified atom stereocenters. The summed E-state index contributed by atoms with van der Waals surface area (Å²) in [6, 6.07) is 40.1. The van der Waals surface area contributed by atoms with Gasteiger partial charge < -0.3 is 76.0 Å². The number of phenols is 3. The Morgan fingerprint density at radius 2 is 1.39 bits per heavy atom. The molecule has 109 heavy (non-hydrogen) atoms. The first-order valence-corrected chi connectivity index (χ1v) is 37.7. The van der Waals surface area contributed by atoms with Crippen LogP contribution in [0.1, 0.15) is 83.8 Å². The molecule has 0 aromatic heterocycles. The zero-order chi connectivity index (χ0) is 79.1. The van der Waals surface area contributed by atoms with Crippen LogP contribution in [0, 0.1) is 30.6 Å². The number of aliphatic hydroxyl groups is 2. The van der Waals surface area contributed by atoms with E-state index in [9.17, 15) is 48.3 Å². The topological polar surface area (TPSA) is 349 Å². The number of anilines is 5. The molecular formula is C82H92Cl2N10O14S. The molecule has 574 valence electrons. The number of methoxy groups -OCH3 is 1. The number of hydrazone groups is 1. The summed E-state index contributed by atoms with van der Waals surface area (Å²) in [5, 5.41) is 72.6. The van der Waals surface area contributed by atoms with E-state index in [2.05, 4.69) is 57.2 Å². The number of aromatic nitrogens is 2. The molecule has 0 radical (unpaired) electrons. The first kappa shape index (κ1) is 81.0. The molecular weight excluding hydrogens is 1450 g/mol. The Morgan fingerprint density at radius 1 is 0.789 bits per heavy atom. The van der Waals surface area contributed by atoms with Gasteiger partial charge in [-0.15, -0.1) is 0 Å². The van der Waals surface area contributed by atoms with Crippen molar-refractivity contribution >= 4 is 107 Å². The normalized spacial score (nSPS) is 22.8. The Hall–Kier alpha value is -10.5. The molecule has 1 fully saturated rings. The molecule has 1 amide bonds. The maximum Gasteiger partial charge on any atom is 0.312 e. The van der Waals surface area contributed by atoms with Crippen LogP contribution in [0.3, 0.4) is 0 Å². The zero-order valence-electron chi connectivity index (χ0n) is 62.6. The number of nitrogens with one attached hydrogen (secondary N) is 2. The smallest absolute Gasteiger partial charge is 0.312 e. The lowest BCUT2D eigenvalue weighted by molar-refractivity contribution is -0.160. The number of phenolic OH excluding ortho intramolecular Hbond substituents is 3. The minimum absolute atomic E-state index is 0.0559. The number of nitrogen functional groups attached to an aromatic ring is 2. The number of likely N-dealkylation sites (N-methyl/N-ethyl adjacent to an activating group) is 1. The molecule has 11 N–H and O–H groups in total. The van der Waals surface area contributed by atoms with Gasteiger partial charge in [0.05, 0.1) is 96.2 Å². The Balaban J connectivity index is 0.000000208. The number of ether oxygens (including phenoxy) is 4. The number of aliphatic hydroxyl groups excluding tert-OH is 2. The summed E-state index contributed by atoms with van der Waals surface area (Å²) in [4.78, 5) is 52.9. The molecule has 0 saturated carbocycles. The molecule has 7 aromatic rings. The van der Waals surface area contributed by atoms with E-state index in [1.54, 1.807) is 69.1 Å². The molecule has 5 heterocycles. The number of carbonyl (C=O) groups excluding carboxylic acids is 3. The van der Waals surface area contributed by atoms with Crippen LogP contribution in [0.15, 0.2) is 189 Å². The number of rotatable bonds is 10. The third-order valence-electron chi connectivity index (χ3n) is 19.5. The summed E-state index contributed by atoms with van der Waals surface area (Å²) >= 11 is 12.2. The molecule has 13 rings (SSSR count). The average Bonchev–Trinajstić information content (AvgIpc) is 1.59. The lowest BCUT2D eigenvalue weighted by Gasteiger charge is -2.38. The van der Waals surface area contributed by atoms with Gasteiger partial charge >= 0.3 is 11.8 Å². The number of hydrogen-bond acceptors (Lipinski definition) is 22. The largest absolute Gasteiger partial charge is 0.507 e. The van der Waals surface area contributed by atoms with Gasteiger partial charge in [-0.3, -0.25) is 24.4 Å². The van der Waals surface area contributed by atoms with E-state index in [0.717, 1.165) is 57.9 Å². The molecule has 1 aliphatic carbocycles. The Bertz CT molecular complexity index is 5080. The molecule has 24 nitrogen and oxygen atoms in total. The fraction of sp³-hybridized carbons (Fsp3) is 0.317. The summed E-state index contributed by atoms with van der Waals surface area (Å²) in [6.07, 6.45) is 4.86. The number of Topliss-reactive ketones (excluding diaryl/α,β-unsaturated/α-hetero) is 1. The Kier molecular flexibility index (Phi) is 25.6. The highest BCUT2D eigenvalue weighted by Crippen LogP contribution is 2.55. The third-order valence-corrected chi connectivity index (χ3v) is 21.8. The Morgan fingerprint density at radius 3 is 1.99 bits per heavy atom. The summed E-state index contributed by atoms with van der Waals surface area (Å²) in [5.41, 5.74) is 18.3. The summed E-state index contributed by atoms with van der Waals surface area (Å²) in [6.45, 7) is 19.2. The summed E-state index contributed by atoms with van der Waals surface area (Å²) < 4.78 is 50.2. The van der Waals surface area contributed by atoms with Gasteiger partial charge in [-0.05, 0) is 162 Å². The molecule has 1 saturated heterocycles. The molecule has 0 spiro atoms. The van der Waals surface area contributed by atoms with E-state index in [1.807, 2.05) is 73.8 Å². The second kappa shape index (κ2) is 34.4. The number of ketones is 1. The average molecular weight is 1540 g/mol. The fourth-order valence-electron chi connectivity index (χ4n) is 13.2. The van der Waals surface area contributed by atoms with Crippen molar-refractivity contribution in [2.75, 3.05) is 62.4 Å². The lowest BCUT2D eigenvalue weighted by Crippen LogP contribution is -2.46. The first-order chi connectivity index (χ1) is 51.7. The summed E-state index contributed by atoms with van der Waals surface area (Å²) in [7, 11) is -0.0630. The second-order valence-electron chi connectivity index (χ2n) is 27.9. The van der Waals surface area contributed by atoms with Crippen molar-refractivity contribution in [3.8, 4) is 40.1 Å². The van der Waals surface area contributed by atoms with Gasteiger partial charge in [0.15, 0.2) is 5.75 Å². The van der Waals surface area contributed by atoms with Gasteiger partial charge in [-0.1, -0.05) is 81.3 Å². The van der Waals surface area contributed by atoms with Crippen LogP contribution in [-0.2, 0) is 33.6 Å². The number of piperazine rings is 1. The van der Waals surface area contributed by atoms with Crippen molar-refractivity contribution in [2.24, 2.45) is 33.8 Å². The number of sulfone groups is 1. The fourth-order valence-corrected chi connectivity index (χ4v) is 14.8. The number of aromatic hydroxyl groups is 3. The van der Waals surface area contributed by atoms with Crippen molar-refractivity contribution < 1.29 is 67.3 Å². The van der Waals surface area contributed by atoms with Gasteiger partial charge in [-0.25, -0.2) is 13.4 Å². The van der Waals surface area contributed by atoms with Crippen molar-refractivity contribution in [2.45, 2.75) is 115 Å². The number of nitrogens with two attached hydrogens (primary N) is 2. The standard InChI is InChI=1S/C43H58N4O12.C27H22Cl2N4.C12H12N2O2S/c1-21-12-11-13-22(2)42(55)45-33-28(20-44-47-17-15-46(9)16-18-47)37(52)30-31(38(33)53)36(51)26(6)40-32(30)41(54)43(8,59-40)57-19-14-29(56-10)23(3)39(58-27(7)48)25(5)35(50)24(4)34(21)49;1-17(2)30-24-16-27-25(15-23(24)31-20-11-7-18(28)8-12-20)32-22-5-3-4-6-26(22)33(27)21-13-9-19(29)10-14-21;13-9-1-5-11(6-2-9)17(15,16)12-7-3-10(14)4-8-12/h11-14,19-21,23-25,29,34-35,39,49-53H,15-18H2,1-10H3,(H,45,55);3-17,31H,1-2H3;1-8H,13-14H2/b12-11+,19-14+,22-13-,44-20+;30-24+;/t21-,23+,24+,25+,29-,34-,35+,39+,43-;;/m0../s1. The van der Waals surface area contributed by atoms with Crippen LogP contribution in [-0.4, -0.2) is 154 Å². The minimum Gasteiger partial charge on any atom is -0.507 e. The number of para-hydroxylation sites is 2. The second-order valence-corrected chi connectivity index (χ2v) is 30.7. The van der Waals surface area contributed by atoms with E-state index >= 15 is 0 Å². The highest BCUT2D eigenvalue weighted by molar-refractivity contribution is 7.91. The van der Waals surface area contributed by atoms with Crippen LogP contribution < -0.4 is 32.2 Å². The van der Waals surface area contributed by atoms with E-state index < -0.39 is 98.6 Å². The predicted molar refractivity (Wildman–Crippen MR) is 426 cm³/mol. The van der Waals surface area contributed by atoms with E-state index in [0.29, 0.717) is 34.5 Å². The number of allylic oxidation sites excluding steroid dienone is 2. The minimum atomic E-state index is -3.48. The lowest BCUT2D eigenvalue weighted by atomic mass is 9.78. The Labute approximate surface area is 643 Å². The number of benzene rings is 8. The monoisotopic (exact) mass is 1540 g/mol. The van der Waals surface area contributed by atoms with E-state index in [-0.39, 0.29) is 60.3 Å². The maximum atomic E-state index is 14.4. The number of hydrogen-bond donors (Lipinski definition) is 9. The van der Waals surface area contributed by atoms with Gasteiger partial charge in [0.25, 0.3) is 11.7 Å². The molecule has 27 heteroatoms. The van der Waals surface area contributed by atoms with Crippen LogP contribution in [0.4, 0.5) is 28.4 Å². The quantitative estimate of drug-likeness (QED) is 0.0153. The highest BCUT2D eigenvalue weighted by Gasteiger charge is 2.50. The number of carbonyl (C=O) groups is 3. The van der Waals surface area contributed by atoms with Crippen molar-refractivity contribution in [1.29, 1.82) is 0 Å². The molecule has 5 aliphatic heterocycles. The molecule has 5 bridgehead atoms. The van der Waals surface area contributed by atoms with Crippen LogP contribution in [0.25, 0.3) is 38.9 Å². The van der Waals surface area contributed by atoms with Crippen molar-refractivity contribution in [3.05, 3.63) is 202 Å². The van der Waals surface area contributed by atoms with Gasteiger partial charge in [0.2, 0.25) is 9.84 Å². The SMILES string of the molecule is CC(C)/N=c1\cc2n(-c3ccc(Cl)cc3)c3ccccc3nc-2cc1Nc1ccc(Cl)cc1.CO[C@H]1/C=C/O[C@@]2(C)Oc3c(C)c(O)c4c(O)c(c(/C=N/N5CCN(C)CC5)c(O)c4c3C2=O)NC(=O)/C(C)=C\C=C\[C@H](C)[C@H](O)[C@@H](C)[C@@H](O)[C@@H](C)[C@H](OC(C)=O)[C@@H]1C.Nc1ccc(S(=O)(=O)c2ccc(N)cc2)cc1. The number of halogens is 2. The van der Waals surface area contributed by atoms with Crippen molar-refractivity contribution in [1.82, 2.24) is 19.5 Å². The third kappa shape index (κ3) is 18.1. The van der Waals surface area contributed by atoms with Crippen LogP contribution >= 0.6 is 23.2 Å². The number of nitrogens with zero attached hydrogens (tertiary/aromatic N) is 6.